The highest BCUT2D eigenvalue weighted by Crippen LogP contribution is 2.13. The van der Waals surface area contributed by atoms with E-state index in [1.165, 1.54) is 5.56 Å². The van der Waals surface area contributed by atoms with E-state index in [9.17, 15) is 4.79 Å². The first-order valence-electron chi connectivity index (χ1n) is 7.39. The molecule has 0 bridgehead atoms. The Morgan fingerprint density at radius 3 is 3.14 bits per heavy atom. The Morgan fingerprint density at radius 1 is 1.52 bits per heavy atom. The molecule has 1 aliphatic rings. The van der Waals surface area contributed by atoms with Crippen LogP contribution >= 0.6 is 0 Å². The molecule has 116 valence electrons. The predicted octanol–water partition coefficient (Wildman–Crippen LogP) is 1.94. The van der Waals surface area contributed by atoms with Crippen molar-refractivity contribution in [3.05, 3.63) is 29.8 Å². The van der Waals surface area contributed by atoms with Crippen LogP contribution in [0.25, 0.3) is 0 Å². The maximum Gasteiger partial charge on any atom is 0.306 e. The van der Waals surface area contributed by atoms with Crippen LogP contribution in [0.2, 0.25) is 0 Å². The van der Waals surface area contributed by atoms with E-state index in [2.05, 4.69) is 4.90 Å². The summed E-state index contributed by atoms with van der Waals surface area (Å²) in [5.41, 5.74) is 1.19. The van der Waals surface area contributed by atoms with Gasteiger partial charge in [-0.25, -0.2) is 0 Å². The van der Waals surface area contributed by atoms with Crippen molar-refractivity contribution in [1.82, 2.24) is 4.90 Å². The molecule has 1 saturated heterocycles. The van der Waals surface area contributed by atoms with Crippen LogP contribution in [0.15, 0.2) is 24.3 Å². The van der Waals surface area contributed by atoms with E-state index in [1.54, 1.807) is 0 Å². The van der Waals surface area contributed by atoms with Gasteiger partial charge in [-0.3, -0.25) is 9.69 Å². The van der Waals surface area contributed by atoms with Gasteiger partial charge in [0.05, 0.1) is 25.7 Å². The number of nitrogens with zero attached hydrogens (tertiary/aromatic N) is 1. The molecule has 1 aliphatic heterocycles. The second-order valence-electron chi connectivity index (χ2n) is 5.41. The van der Waals surface area contributed by atoms with Crippen LogP contribution in [0, 0.1) is 6.92 Å². The molecule has 1 heterocycles. The first kappa shape index (κ1) is 15.8. The van der Waals surface area contributed by atoms with Crippen molar-refractivity contribution in [1.29, 1.82) is 0 Å². The summed E-state index contributed by atoms with van der Waals surface area (Å²) in [7, 11) is 0. The normalized spacial score (nSPS) is 19.4. The summed E-state index contributed by atoms with van der Waals surface area (Å²) in [5.74, 6) is 0.102. The van der Waals surface area contributed by atoms with Crippen molar-refractivity contribution in [2.75, 3.05) is 32.8 Å². The average Bonchev–Trinajstić information content (AvgIpc) is 2.43. The summed E-state index contributed by atoms with van der Waals surface area (Å²) >= 11 is 0. The lowest BCUT2D eigenvalue weighted by atomic mass is 10.2. The first-order chi connectivity index (χ1) is 10.1. The number of carbonyl (C=O) groups is 1. The van der Waals surface area contributed by atoms with Gasteiger partial charge in [-0.15, -0.1) is 0 Å². The van der Waals surface area contributed by atoms with Gasteiger partial charge >= 0.3 is 5.97 Å². The Balaban J connectivity index is 1.65. The summed E-state index contributed by atoms with van der Waals surface area (Å²) < 4.78 is 11.2. The van der Waals surface area contributed by atoms with Crippen LogP contribution in [0.1, 0.15) is 18.4 Å². The zero-order valence-corrected chi connectivity index (χ0v) is 12.5. The van der Waals surface area contributed by atoms with E-state index >= 15 is 0 Å². The number of morpholine rings is 1. The highest BCUT2D eigenvalue weighted by Gasteiger charge is 2.22. The van der Waals surface area contributed by atoms with E-state index in [-0.39, 0.29) is 12.5 Å². The standard InChI is InChI=1S/C16H23NO4/c1-13-4-2-5-14(10-13)20-8-3-6-17-7-9-21-15(12-17)11-16(18)19/h2,4-5,10,15H,3,6-9,11-12H2,1H3,(H,18,19). The third-order valence-corrected chi connectivity index (χ3v) is 3.50. The molecule has 5 nitrogen and oxygen atoms in total. The summed E-state index contributed by atoms with van der Waals surface area (Å²) in [6.45, 7) is 5.78. The minimum atomic E-state index is -0.801. The van der Waals surface area contributed by atoms with E-state index < -0.39 is 5.97 Å². The van der Waals surface area contributed by atoms with Gasteiger partial charge in [-0.1, -0.05) is 12.1 Å². The molecule has 0 spiro atoms. The lowest BCUT2D eigenvalue weighted by Crippen LogP contribution is -2.43. The molecule has 0 radical (unpaired) electrons. The maximum atomic E-state index is 10.7. The highest BCUT2D eigenvalue weighted by molar-refractivity contribution is 5.67. The SMILES string of the molecule is Cc1cccc(OCCCN2CCOC(CC(=O)O)C2)c1. The quantitative estimate of drug-likeness (QED) is 0.779. The third kappa shape index (κ3) is 5.73. The minimum Gasteiger partial charge on any atom is -0.494 e. The van der Waals surface area contributed by atoms with Crippen LogP contribution < -0.4 is 4.74 Å². The number of carboxylic acid groups (broad SMARTS) is 1. The van der Waals surface area contributed by atoms with Gasteiger partial charge in [0.25, 0.3) is 0 Å². The molecule has 0 saturated carbocycles. The minimum absolute atomic E-state index is 0.0797. The number of hydrogen-bond donors (Lipinski definition) is 1. The number of aryl methyl sites for hydroxylation is 1. The van der Waals surface area contributed by atoms with Crippen molar-refractivity contribution >= 4 is 5.97 Å². The van der Waals surface area contributed by atoms with Gasteiger partial charge in [0.2, 0.25) is 0 Å². The van der Waals surface area contributed by atoms with Gasteiger partial charge in [0.1, 0.15) is 5.75 Å². The monoisotopic (exact) mass is 293 g/mol. The van der Waals surface area contributed by atoms with Gasteiger partial charge in [-0.05, 0) is 31.0 Å². The fraction of sp³-hybridized carbons (Fsp3) is 0.562. The third-order valence-electron chi connectivity index (χ3n) is 3.50. The molecule has 21 heavy (non-hydrogen) atoms. The Morgan fingerprint density at radius 2 is 2.38 bits per heavy atom. The van der Waals surface area contributed by atoms with E-state index in [0.717, 1.165) is 25.3 Å². The number of aliphatic carboxylic acids is 1. The predicted molar refractivity (Wildman–Crippen MR) is 79.7 cm³/mol. The van der Waals surface area contributed by atoms with Crippen LogP contribution in [0.3, 0.4) is 0 Å². The molecule has 5 heteroatoms. The molecule has 0 aromatic heterocycles. The molecular weight excluding hydrogens is 270 g/mol. The molecular formula is C16H23NO4. The molecule has 0 aliphatic carbocycles. The van der Waals surface area contributed by atoms with Crippen LogP contribution in [-0.2, 0) is 9.53 Å². The molecule has 1 unspecified atom stereocenters. The first-order valence-corrected chi connectivity index (χ1v) is 7.39. The van der Waals surface area contributed by atoms with E-state index in [0.29, 0.717) is 19.8 Å². The van der Waals surface area contributed by atoms with Crippen LogP contribution in [0.4, 0.5) is 0 Å². The second kappa shape index (κ2) is 8.00. The van der Waals surface area contributed by atoms with Crippen LogP contribution in [0.5, 0.6) is 5.75 Å². The largest absolute Gasteiger partial charge is 0.494 e. The van der Waals surface area contributed by atoms with Crippen molar-refractivity contribution < 1.29 is 19.4 Å². The van der Waals surface area contributed by atoms with Gasteiger partial charge in [-0.2, -0.15) is 0 Å². The fourth-order valence-corrected chi connectivity index (χ4v) is 2.49. The fourth-order valence-electron chi connectivity index (χ4n) is 2.49. The molecule has 1 atom stereocenters. The van der Waals surface area contributed by atoms with Crippen LogP contribution in [-0.4, -0.2) is 54.9 Å². The maximum absolute atomic E-state index is 10.7. The Kier molecular flexibility index (Phi) is 6.02. The average molecular weight is 293 g/mol. The number of rotatable bonds is 7. The van der Waals surface area contributed by atoms with Crippen molar-refractivity contribution in [2.24, 2.45) is 0 Å². The second-order valence-corrected chi connectivity index (χ2v) is 5.41. The molecule has 1 N–H and O–H groups in total. The number of carboxylic acids is 1. The number of benzene rings is 1. The smallest absolute Gasteiger partial charge is 0.306 e. The topological polar surface area (TPSA) is 59.0 Å². The Hall–Kier alpha value is -1.59. The van der Waals surface area contributed by atoms with Crippen molar-refractivity contribution in [2.45, 2.75) is 25.9 Å². The van der Waals surface area contributed by atoms with E-state index in [4.69, 9.17) is 14.6 Å². The molecule has 0 amide bonds. The van der Waals surface area contributed by atoms with Gasteiger partial charge in [0, 0.05) is 19.6 Å². The summed E-state index contributed by atoms with van der Waals surface area (Å²) in [4.78, 5) is 12.9. The zero-order chi connectivity index (χ0) is 15.1. The van der Waals surface area contributed by atoms with E-state index in [1.807, 2.05) is 31.2 Å². The number of hydrogen-bond acceptors (Lipinski definition) is 4. The summed E-state index contributed by atoms with van der Waals surface area (Å²) in [5, 5.41) is 8.80. The van der Waals surface area contributed by atoms with Gasteiger partial charge in [0.15, 0.2) is 0 Å². The van der Waals surface area contributed by atoms with Crippen molar-refractivity contribution in [3.8, 4) is 5.75 Å². The molecule has 1 fully saturated rings. The number of ether oxygens (including phenoxy) is 2. The molecule has 1 aromatic carbocycles. The Bertz CT molecular complexity index is 463. The summed E-state index contributed by atoms with van der Waals surface area (Å²) in [6, 6.07) is 8.02. The molecule has 1 aromatic rings. The zero-order valence-electron chi connectivity index (χ0n) is 12.5. The summed E-state index contributed by atoms with van der Waals surface area (Å²) in [6.07, 6.45) is 0.818. The lowest BCUT2D eigenvalue weighted by molar-refractivity contribution is -0.142. The Labute approximate surface area is 125 Å². The lowest BCUT2D eigenvalue weighted by Gasteiger charge is -2.32. The van der Waals surface area contributed by atoms with Crippen molar-refractivity contribution in [3.63, 3.8) is 0 Å². The molecule has 2 rings (SSSR count). The van der Waals surface area contributed by atoms with Gasteiger partial charge < -0.3 is 14.6 Å². The highest BCUT2D eigenvalue weighted by atomic mass is 16.5.